The highest BCUT2D eigenvalue weighted by Crippen LogP contribution is 2.15. The Bertz CT molecular complexity index is 155. The highest BCUT2D eigenvalue weighted by Gasteiger charge is 2.20. The quantitative estimate of drug-likeness (QED) is 0.515. The van der Waals surface area contributed by atoms with E-state index in [2.05, 4.69) is 18.7 Å². The van der Waals surface area contributed by atoms with Gasteiger partial charge in [-0.05, 0) is 39.3 Å². The minimum atomic E-state index is -6.00. The average molecular weight is 228 g/mol. The monoisotopic (exact) mass is 228 g/mol. The summed E-state index contributed by atoms with van der Waals surface area (Å²) in [4.78, 5) is 2.61. The third kappa shape index (κ3) is 10.0. The topological polar surface area (TPSA) is 3.24 Å². The lowest BCUT2D eigenvalue weighted by molar-refractivity contribution is 0.161. The predicted molar refractivity (Wildman–Crippen MR) is 55.4 cm³/mol. The van der Waals surface area contributed by atoms with E-state index in [9.17, 15) is 17.3 Å². The van der Waals surface area contributed by atoms with E-state index in [4.69, 9.17) is 0 Å². The lowest BCUT2D eigenvalue weighted by Crippen LogP contribution is -2.37. The van der Waals surface area contributed by atoms with Gasteiger partial charge in [-0.25, -0.2) is 0 Å². The molecule has 0 spiro atoms. The SMILES string of the molecule is CCCN1CCCCC1C.F[B-](F)(F)F. The first-order valence-electron chi connectivity index (χ1n) is 5.46. The van der Waals surface area contributed by atoms with Crippen molar-refractivity contribution in [2.75, 3.05) is 13.1 Å². The fraction of sp³-hybridized carbons (Fsp3) is 1.00. The maximum atomic E-state index is 9.75. The standard InChI is InChI=1S/C9H19N.BF4/c1-3-7-10-8-5-4-6-9(10)2;2-1(3,4)5/h9H,3-8H2,1-2H3;/q;-1. The summed E-state index contributed by atoms with van der Waals surface area (Å²) in [5, 5.41) is 0. The summed E-state index contributed by atoms with van der Waals surface area (Å²) in [7, 11) is -6.00. The first kappa shape index (κ1) is 14.7. The van der Waals surface area contributed by atoms with Crippen molar-refractivity contribution in [3.8, 4) is 0 Å². The minimum Gasteiger partial charge on any atom is -0.418 e. The Morgan fingerprint density at radius 2 is 1.73 bits per heavy atom. The van der Waals surface area contributed by atoms with Crippen molar-refractivity contribution in [3.63, 3.8) is 0 Å². The summed E-state index contributed by atoms with van der Waals surface area (Å²) in [6.45, 7) is 7.27. The van der Waals surface area contributed by atoms with Crippen molar-refractivity contribution < 1.29 is 17.3 Å². The van der Waals surface area contributed by atoms with Crippen molar-refractivity contribution in [1.29, 1.82) is 0 Å². The summed E-state index contributed by atoms with van der Waals surface area (Å²) in [6, 6.07) is 0.855. The molecule has 1 rings (SSSR count). The van der Waals surface area contributed by atoms with Crippen LogP contribution >= 0.6 is 0 Å². The second kappa shape index (κ2) is 7.09. The molecule has 0 saturated carbocycles. The fourth-order valence-corrected chi connectivity index (χ4v) is 1.78. The van der Waals surface area contributed by atoms with Crippen LogP contribution in [0.5, 0.6) is 0 Å². The molecular weight excluding hydrogens is 209 g/mol. The van der Waals surface area contributed by atoms with E-state index in [1.54, 1.807) is 0 Å². The van der Waals surface area contributed by atoms with Crippen LogP contribution in [0.2, 0.25) is 0 Å². The first-order valence-corrected chi connectivity index (χ1v) is 5.46. The Morgan fingerprint density at radius 3 is 2.13 bits per heavy atom. The zero-order valence-corrected chi connectivity index (χ0v) is 9.36. The van der Waals surface area contributed by atoms with E-state index in [1.165, 1.54) is 38.8 Å². The molecule has 0 radical (unpaired) electrons. The molecule has 1 unspecified atom stereocenters. The van der Waals surface area contributed by atoms with Gasteiger partial charge in [0.2, 0.25) is 0 Å². The molecule has 15 heavy (non-hydrogen) atoms. The zero-order valence-electron chi connectivity index (χ0n) is 9.36. The van der Waals surface area contributed by atoms with Crippen LogP contribution < -0.4 is 0 Å². The molecule has 1 nitrogen and oxygen atoms in total. The average Bonchev–Trinajstić information content (AvgIpc) is 2.06. The van der Waals surface area contributed by atoms with Gasteiger partial charge in [0.15, 0.2) is 0 Å². The van der Waals surface area contributed by atoms with Crippen molar-refractivity contribution in [1.82, 2.24) is 4.90 Å². The van der Waals surface area contributed by atoms with E-state index in [1.807, 2.05) is 0 Å². The van der Waals surface area contributed by atoms with Gasteiger partial charge in [0.25, 0.3) is 0 Å². The van der Waals surface area contributed by atoms with E-state index in [0.717, 1.165) is 6.04 Å². The number of rotatable bonds is 2. The minimum absolute atomic E-state index is 0.855. The third-order valence-corrected chi connectivity index (χ3v) is 2.45. The normalized spacial score (nSPS) is 23.2. The highest BCUT2D eigenvalue weighted by molar-refractivity contribution is 6.50. The van der Waals surface area contributed by atoms with Gasteiger partial charge in [0.05, 0.1) is 0 Å². The van der Waals surface area contributed by atoms with Gasteiger partial charge in [-0.3, -0.25) is 0 Å². The summed E-state index contributed by atoms with van der Waals surface area (Å²) in [5.74, 6) is 0. The van der Waals surface area contributed by atoms with Crippen molar-refractivity contribution in [2.45, 2.75) is 45.6 Å². The Kier molecular flexibility index (Phi) is 6.97. The molecular formula is C9H19BF4N-. The molecule has 0 bridgehead atoms. The van der Waals surface area contributed by atoms with Gasteiger partial charge >= 0.3 is 7.25 Å². The number of halogens is 4. The Balaban J connectivity index is 0.000000336. The Morgan fingerprint density at radius 1 is 1.20 bits per heavy atom. The fourth-order valence-electron chi connectivity index (χ4n) is 1.78. The molecule has 0 aliphatic carbocycles. The molecule has 0 amide bonds. The lowest BCUT2D eigenvalue weighted by atomic mass is 10.0. The maximum Gasteiger partial charge on any atom is 0.673 e. The van der Waals surface area contributed by atoms with E-state index in [-0.39, 0.29) is 0 Å². The zero-order chi connectivity index (χ0) is 11.9. The summed E-state index contributed by atoms with van der Waals surface area (Å²) in [5.41, 5.74) is 0. The summed E-state index contributed by atoms with van der Waals surface area (Å²) >= 11 is 0. The number of hydrogen-bond acceptors (Lipinski definition) is 1. The number of piperidine rings is 1. The second-order valence-corrected chi connectivity index (χ2v) is 3.88. The number of likely N-dealkylation sites (tertiary alicyclic amines) is 1. The molecule has 1 aliphatic rings. The van der Waals surface area contributed by atoms with Crippen molar-refractivity contribution in [3.05, 3.63) is 0 Å². The molecule has 6 heteroatoms. The van der Waals surface area contributed by atoms with Gasteiger partial charge in [0, 0.05) is 6.04 Å². The smallest absolute Gasteiger partial charge is 0.418 e. The van der Waals surface area contributed by atoms with Crippen LogP contribution in [0.15, 0.2) is 0 Å². The summed E-state index contributed by atoms with van der Waals surface area (Å²) in [6.07, 6.45) is 5.59. The number of hydrogen-bond donors (Lipinski definition) is 0. The first-order chi connectivity index (χ1) is 6.84. The lowest BCUT2D eigenvalue weighted by Gasteiger charge is -2.32. The third-order valence-electron chi connectivity index (χ3n) is 2.45. The van der Waals surface area contributed by atoms with E-state index in [0.29, 0.717) is 0 Å². The van der Waals surface area contributed by atoms with Crippen molar-refractivity contribution >= 4 is 7.25 Å². The highest BCUT2D eigenvalue weighted by atomic mass is 19.5. The molecule has 1 aliphatic heterocycles. The van der Waals surface area contributed by atoms with Gasteiger partial charge in [-0.1, -0.05) is 13.3 Å². The molecule has 1 saturated heterocycles. The Labute approximate surface area is 88.9 Å². The second-order valence-electron chi connectivity index (χ2n) is 3.88. The molecule has 0 aromatic rings. The van der Waals surface area contributed by atoms with Crippen LogP contribution in [-0.4, -0.2) is 31.3 Å². The molecule has 92 valence electrons. The van der Waals surface area contributed by atoms with E-state index < -0.39 is 7.25 Å². The molecule has 0 aromatic heterocycles. The van der Waals surface area contributed by atoms with Gasteiger partial charge in [-0.15, -0.1) is 0 Å². The van der Waals surface area contributed by atoms with Crippen LogP contribution in [0, 0.1) is 0 Å². The van der Waals surface area contributed by atoms with Crippen LogP contribution in [0.4, 0.5) is 17.3 Å². The maximum absolute atomic E-state index is 9.75. The predicted octanol–water partition coefficient (Wildman–Crippen LogP) is 3.57. The molecule has 0 N–H and O–H groups in total. The molecule has 1 atom stereocenters. The van der Waals surface area contributed by atoms with Crippen molar-refractivity contribution in [2.24, 2.45) is 0 Å². The van der Waals surface area contributed by atoms with Crippen LogP contribution in [0.1, 0.15) is 39.5 Å². The van der Waals surface area contributed by atoms with Crippen LogP contribution in [-0.2, 0) is 0 Å². The van der Waals surface area contributed by atoms with Gasteiger partial charge in [0.1, 0.15) is 0 Å². The van der Waals surface area contributed by atoms with E-state index >= 15 is 0 Å². The molecule has 0 aromatic carbocycles. The number of nitrogens with zero attached hydrogens (tertiary/aromatic N) is 1. The largest absolute Gasteiger partial charge is 0.673 e. The molecule has 1 fully saturated rings. The summed E-state index contributed by atoms with van der Waals surface area (Å²) < 4.78 is 39.0. The van der Waals surface area contributed by atoms with Gasteiger partial charge in [-0.2, -0.15) is 0 Å². The molecule has 1 heterocycles. The Hall–Kier alpha value is -0.255. The van der Waals surface area contributed by atoms with Crippen LogP contribution in [0.25, 0.3) is 0 Å². The van der Waals surface area contributed by atoms with Crippen LogP contribution in [0.3, 0.4) is 0 Å². The van der Waals surface area contributed by atoms with Gasteiger partial charge < -0.3 is 22.2 Å².